The van der Waals surface area contributed by atoms with Gasteiger partial charge in [0, 0.05) is 41.1 Å². The third-order valence-electron chi connectivity index (χ3n) is 2.40. The fourth-order valence-corrected chi connectivity index (χ4v) is 3.51. The molecule has 2 N–H and O–H groups in total. The Hall–Kier alpha value is -0.920. The molecule has 108 valence electrons. The predicted molar refractivity (Wildman–Crippen MR) is 79.3 cm³/mol. The fourth-order valence-electron chi connectivity index (χ4n) is 1.68. The maximum atomic E-state index is 11.7. The van der Waals surface area contributed by atoms with Gasteiger partial charge >= 0.3 is 0 Å². The first-order chi connectivity index (χ1) is 8.85. The lowest BCUT2D eigenvalue weighted by Crippen LogP contribution is -2.23. The molecule has 1 rings (SSSR count). The van der Waals surface area contributed by atoms with Crippen LogP contribution in [-0.2, 0) is 20.8 Å². The van der Waals surface area contributed by atoms with E-state index in [0.29, 0.717) is 12.3 Å². The molecule has 0 spiro atoms. The number of anilines is 1. The van der Waals surface area contributed by atoms with Crippen LogP contribution in [0.15, 0.2) is 29.2 Å². The molecule has 1 aromatic carbocycles. The summed E-state index contributed by atoms with van der Waals surface area (Å²) in [5, 5.41) is 3.18. The first kappa shape index (κ1) is 16.1. The molecule has 0 aliphatic carbocycles. The minimum atomic E-state index is -3.40. The van der Waals surface area contributed by atoms with E-state index in [1.54, 1.807) is 37.4 Å². The van der Waals surface area contributed by atoms with Gasteiger partial charge < -0.3 is 5.32 Å². The van der Waals surface area contributed by atoms with Crippen LogP contribution in [-0.4, -0.2) is 37.2 Å². The summed E-state index contributed by atoms with van der Waals surface area (Å²) < 4.78 is 37.0. The van der Waals surface area contributed by atoms with E-state index < -0.39 is 20.8 Å². The van der Waals surface area contributed by atoms with E-state index in [-0.39, 0.29) is 10.9 Å². The van der Waals surface area contributed by atoms with Crippen LogP contribution in [0.2, 0.25) is 0 Å². The zero-order valence-electron chi connectivity index (χ0n) is 11.3. The summed E-state index contributed by atoms with van der Waals surface area (Å²) in [6.07, 6.45) is 1.66. The average molecular weight is 304 g/mol. The normalized spacial score (nSPS) is 14.9. The van der Waals surface area contributed by atoms with E-state index in [1.165, 1.54) is 0 Å². The largest absolute Gasteiger partial charge is 0.382 e. The van der Waals surface area contributed by atoms with Crippen molar-refractivity contribution in [2.24, 2.45) is 0 Å². The Labute approximate surface area is 117 Å². The van der Waals surface area contributed by atoms with Crippen molar-refractivity contribution < 1.29 is 12.6 Å². The summed E-state index contributed by atoms with van der Waals surface area (Å²) in [4.78, 5) is 0.242. The van der Waals surface area contributed by atoms with Crippen LogP contribution in [0.5, 0.6) is 0 Å². The Morgan fingerprint density at radius 2 is 1.84 bits per heavy atom. The second-order valence-corrected chi connectivity index (χ2v) is 7.56. The van der Waals surface area contributed by atoms with Crippen LogP contribution in [0.3, 0.4) is 0 Å². The number of hydrogen-bond acceptors (Lipinski definition) is 4. The van der Waals surface area contributed by atoms with E-state index in [2.05, 4.69) is 10.0 Å². The lowest BCUT2D eigenvalue weighted by atomic mass is 10.3. The summed E-state index contributed by atoms with van der Waals surface area (Å²) in [7, 11) is -4.26. The quantitative estimate of drug-likeness (QED) is 0.793. The molecule has 5 nitrogen and oxygen atoms in total. The Balaban J connectivity index is 2.74. The second-order valence-electron chi connectivity index (χ2n) is 4.31. The highest BCUT2D eigenvalue weighted by atomic mass is 32.2. The van der Waals surface area contributed by atoms with Crippen LogP contribution < -0.4 is 10.0 Å². The monoisotopic (exact) mass is 304 g/mol. The summed E-state index contributed by atoms with van der Waals surface area (Å²) in [6.45, 7) is 4.03. The lowest BCUT2D eigenvalue weighted by molar-refractivity contribution is 0.584. The molecular weight excluding hydrogens is 284 g/mol. The highest BCUT2D eigenvalue weighted by Gasteiger charge is 2.12. The molecule has 0 aliphatic heterocycles. The van der Waals surface area contributed by atoms with Gasteiger partial charge in [-0.05, 0) is 31.2 Å². The number of hydrogen-bond donors (Lipinski definition) is 2. The molecule has 2 atom stereocenters. The minimum absolute atomic E-state index is 0.0713. The molecule has 0 saturated carbocycles. The lowest BCUT2D eigenvalue weighted by Gasteiger charge is -2.14. The Kier molecular flexibility index (Phi) is 5.96. The maximum Gasteiger partial charge on any atom is 0.240 e. The summed E-state index contributed by atoms with van der Waals surface area (Å²) >= 11 is 0. The highest BCUT2D eigenvalue weighted by molar-refractivity contribution is 7.89. The minimum Gasteiger partial charge on any atom is -0.382 e. The topological polar surface area (TPSA) is 75.3 Å². The molecule has 1 aromatic rings. The van der Waals surface area contributed by atoms with Crippen molar-refractivity contribution in [3.8, 4) is 0 Å². The molecule has 0 fully saturated rings. The van der Waals surface area contributed by atoms with Gasteiger partial charge in [-0.25, -0.2) is 13.1 Å². The smallest absolute Gasteiger partial charge is 0.240 e. The average Bonchev–Trinajstić information content (AvgIpc) is 2.28. The van der Waals surface area contributed by atoms with Gasteiger partial charge in [-0.15, -0.1) is 0 Å². The molecule has 7 heteroatoms. The summed E-state index contributed by atoms with van der Waals surface area (Å²) in [5.41, 5.74) is 0.813. The van der Waals surface area contributed by atoms with Gasteiger partial charge in [-0.2, -0.15) is 0 Å². The molecule has 0 aromatic heterocycles. The van der Waals surface area contributed by atoms with Crippen molar-refractivity contribution in [1.29, 1.82) is 0 Å². The number of rotatable bonds is 7. The van der Waals surface area contributed by atoms with Gasteiger partial charge in [0.05, 0.1) is 4.90 Å². The maximum absolute atomic E-state index is 11.7. The van der Waals surface area contributed by atoms with E-state index in [1.807, 2.05) is 6.92 Å². The third-order valence-corrected chi connectivity index (χ3v) is 4.93. The van der Waals surface area contributed by atoms with E-state index in [4.69, 9.17) is 0 Å². The molecular formula is C12H20N2O3S2. The van der Waals surface area contributed by atoms with E-state index in [0.717, 1.165) is 5.69 Å². The second kappa shape index (κ2) is 7.02. The van der Waals surface area contributed by atoms with Crippen LogP contribution in [0.1, 0.15) is 13.8 Å². The first-order valence-corrected chi connectivity index (χ1v) is 9.22. The van der Waals surface area contributed by atoms with Gasteiger partial charge in [0.1, 0.15) is 0 Å². The molecule has 19 heavy (non-hydrogen) atoms. The van der Waals surface area contributed by atoms with Crippen molar-refractivity contribution in [2.75, 3.05) is 23.9 Å². The van der Waals surface area contributed by atoms with Gasteiger partial charge in [0.25, 0.3) is 0 Å². The standard InChI is InChI=1S/C12H20N2O3S2/c1-4-13-19(16,17)12-7-5-11(6-8-12)14-10(2)9-18(3)15/h5-8,10,13-14H,4,9H2,1-3H3. The van der Waals surface area contributed by atoms with E-state index >= 15 is 0 Å². The van der Waals surface area contributed by atoms with Crippen molar-refractivity contribution >= 4 is 26.5 Å². The van der Waals surface area contributed by atoms with Crippen molar-refractivity contribution in [3.63, 3.8) is 0 Å². The number of sulfonamides is 1. The summed E-state index contributed by atoms with van der Waals surface area (Å²) in [5.74, 6) is 0.553. The van der Waals surface area contributed by atoms with Crippen molar-refractivity contribution in [3.05, 3.63) is 24.3 Å². The third kappa shape index (κ3) is 5.30. The molecule has 0 amide bonds. The molecule has 0 bridgehead atoms. The zero-order valence-corrected chi connectivity index (χ0v) is 13.0. The van der Waals surface area contributed by atoms with Gasteiger partial charge in [-0.3, -0.25) is 4.21 Å². The van der Waals surface area contributed by atoms with Crippen molar-refractivity contribution in [1.82, 2.24) is 4.72 Å². The van der Waals surface area contributed by atoms with Gasteiger partial charge in [0.2, 0.25) is 10.0 Å². The number of nitrogens with one attached hydrogen (secondary N) is 2. The van der Waals surface area contributed by atoms with E-state index in [9.17, 15) is 12.6 Å². The van der Waals surface area contributed by atoms with Crippen LogP contribution >= 0.6 is 0 Å². The molecule has 0 aliphatic rings. The predicted octanol–water partition coefficient (Wildman–Crippen LogP) is 1.16. The Morgan fingerprint density at radius 3 is 2.32 bits per heavy atom. The SMILES string of the molecule is CCNS(=O)(=O)c1ccc(NC(C)CS(C)=O)cc1. The molecule has 2 unspecified atom stereocenters. The van der Waals surface area contributed by atoms with Gasteiger partial charge in [-0.1, -0.05) is 6.92 Å². The zero-order chi connectivity index (χ0) is 14.5. The Bertz CT molecular complexity index is 526. The van der Waals surface area contributed by atoms with Gasteiger partial charge in [0.15, 0.2) is 0 Å². The van der Waals surface area contributed by atoms with Crippen molar-refractivity contribution in [2.45, 2.75) is 24.8 Å². The van der Waals surface area contributed by atoms with Crippen LogP contribution in [0, 0.1) is 0 Å². The van der Waals surface area contributed by atoms with Crippen LogP contribution in [0.4, 0.5) is 5.69 Å². The number of benzene rings is 1. The first-order valence-electron chi connectivity index (χ1n) is 6.01. The molecule has 0 heterocycles. The summed E-state index contributed by atoms with van der Waals surface area (Å²) in [6, 6.07) is 6.59. The molecule has 0 saturated heterocycles. The fraction of sp³-hybridized carbons (Fsp3) is 0.500. The molecule has 0 radical (unpaired) electrons. The Morgan fingerprint density at radius 1 is 1.26 bits per heavy atom. The van der Waals surface area contributed by atoms with Crippen LogP contribution in [0.25, 0.3) is 0 Å². The highest BCUT2D eigenvalue weighted by Crippen LogP contribution is 2.14.